The van der Waals surface area contributed by atoms with E-state index in [1.165, 1.54) is 25.7 Å². The summed E-state index contributed by atoms with van der Waals surface area (Å²) in [7, 11) is 0. The molecule has 0 aromatic heterocycles. The van der Waals surface area contributed by atoms with E-state index in [0.29, 0.717) is 0 Å². The molecule has 0 aliphatic carbocycles. The average Bonchev–Trinajstić information content (AvgIpc) is 2.13. The number of hydrogen-bond acceptors (Lipinski definition) is 1. The fourth-order valence-corrected chi connectivity index (χ4v) is 1.25. The molecule has 0 aromatic carbocycles. The van der Waals surface area contributed by atoms with Crippen molar-refractivity contribution in [2.24, 2.45) is 0 Å². The molecule has 0 N–H and O–H groups in total. The lowest BCUT2D eigenvalue weighted by molar-refractivity contribution is 0.216. The molecule has 13 heavy (non-hydrogen) atoms. The van der Waals surface area contributed by atoms with Gasteiger partial charge in [-0.25, -0.2) is 0 Å². The maximum atomic E-state index is 5.45. The van der Waals surface area contributed by atoms with Gasteiger partial charge in [0.25, 0.3) is 0 Å². The van der Waals surface area contributed by atoms with Gasteiger partial charge in [-0.05, 0) is 19.4 Å². The van der Waals surface area contributed by atoms with Gasteiger partial charge >= 0.3 is 0 Å². The summed E-state index contributed by atoms with van der Waals surface area (Å²) in [6, 6.07) is 0. The van der Waals surface area contributed by atoms with Crippen LogP contribution in [0.4, 0.5) is 0 Å². The van der Waals surface area contributed by atoms with Crippen molar-refractivity contribution in [2.45, 2.75) is 46.0 Å². The van der Waals surface area contributed by atoms with Crippen LogP contribution >= 0.6 is 0 Å². The first kappa shape index (κ1) is 12.3. The third-order valence-electron chi connectivity index (χ3n) is 1.91. The summed E-state index contributed by atoms with van der Waals surface area (Å²) in [5.74, 6) is 1.08. The van der Waals surface area contributed by atoms with Crippen molar-refractivity contribution in [2.75, 3.05) is 6.61 Å². The number of allylic oxidation sites excluding steroid dienone is 3. The molecule has 0 saturated heterocycles. The van der Waals surface area contributed by atoms with E-state index in [4.69, 9.17) is 4.74 Å². The van der Waals surface area contributed by atoms with Crippen LogP contribution in [0.25, 0.3) is 0 Å². The van der Waals surface area contributed by atoms with Gasteiger partial charge in [-0.2, -0.15) is 0 Å². The first-order chi connectivity index (χ1) is 6.35. The van der Waals surface area contributed by atoms with Crippen molar-refractivity contribution in [3.05, 3.63) is 24.5 Å². The number of hydrogen-bond donors (Lipinski definition) is 0. The predicted molar refractivity (Wildman–Crippen MR) is 58.7 cm³/mol. The fraction of sp³-hybridized carbons (Fsp3) is 0.667. The molecule has 0 rings (SSSR count). The van der Waals surface area contributed by atoms with Gasteiger partial charge in [0.15, 0.2) is 0 Å². The van der Waals surface area contributed by atoms with E-state index in [9.17, 15) is 0 Å². The van der Waals surface area contributed by atoms with Crippen molar-refractivity contribution in [3.8, 4) is 0 Å². The molecule has 0 amide bonds. The number of ether oxygens (including phenoxy) is 1. The zero-order valence-corrected chi connectivity index (χ0v) is 9.01. The largest absolute Gasteiger partial charge is 0.498 e. The molecule has 0 radical (unpaired) electrons. The van der Waals surface area contributed by atoms with Crippen molar-refractivity contribution in [3.63, 3.8) is 0 Å². The van der Waals surface area contributed by atoms with Crippen LogP contribution in [0.5, 0.6) is 0 Å². The van der Waals surface area contributed by atoms with Gasteiger partial charge < -0.3 is 4.74 Å². The molecule has 0 saturated carbocycles. The normalized spacial score (nSPS) is 11.4. The monoisotopic (exact) mass is 182 g/mol. The molecule has 0 spiro atoms. The fourth-order valence-electron chi connectivity index (χ4n) is 1.25. The van der Waals surface area contributed by atoms with E-state index < -0.39 is 0 Å². The first-order valence-corrected chi connectivity index (χ1v) is 5.29. The van der Waals surface area contributed by atoms with E-state index in [1.807, 2.05) is 13.0 Å². The summed E-state index contributed by atoms with van der Waals surface area (Å²) in [5, 5.41) is 0. The van der Waals surface area contributed by atoms with Gasteiger partial charge in [-0.15, -0.1) is 0 Å². The zero-order chi connectivity index (χ0) is 9.94. The third-order valence-corrected chi connectivity index (χ3v) is 1.91. The van der Waals surface area contributed by atoms with Crippen LogP contribution in [-0.4, -0.2) is 6.61 Å². The maximum Gasteiger partial charge on any atom is 0.0959 e. The number of rotatable bonds is 8. The van der Waals surface area contributed by atoms with Crippen LogP contribution in [0.1, 0.15) is 46.0 Å². The molecule has 76 valence electrons. The Morgan fingerprint density at radius 2 is 2.00 bits per heavy atom. The van der Waals surface area contributed by atoms with Crippen molar-refractivity contribution < 1.29 is 4.74 Å². The number of unbranched alkanes of at least 4 members (excludes halogenated alkanes) is 3. The van der Waals surface area contributed by atoms with Crippen LogP contribution in [0, 0.1) is 0 Å². The summed E-state index contributed by atoms with van der Waals surface area (Å²) in [6.07, 6.45) is 9.97. The second kappa shape index (κ2) is 9.37. The molecule has 0 aliphatic rings. The Morgan fingerprint density at radius 1 is 1.23 bits per heavy atom. The summed E-state index contributed by atoms with van der Waals surface area (Å²) in [6.45, 7) is 8.67. The molecule has 0 heterocycles. The third kappa shape index (κ3) is 7.63. The van der Waals surface area contributed by atoms with E-state index in [-0.39, 0.29) is 0 Å². The Morgan fingerprint density at radius 3 is 2.54 bits per heavy atom. The quantitative estimate of drug-likeness (QED) is 0.312. The minimum Gasteiger partial charge on any atom is -0.498 e. The maximum absolute atomic E-state index is 5.45. The molecular formula is C12H22O. The molecule has 1 heteroatoms. The van der Waals surface area contributed by atoms with Gasteiger partial charge in [-0.1, -0.05) is 38.8 Å². The van der Waals surface area contributed by atoms with E-state index in [1.54, 1.807) is 6.08 Å². The predicted octanol–water partition coefficient (Wildman–Crippen LogP) is 4.06. The zero-order valence-electron chi connectivity index (χ0n) is 9.01. The molecule has 0 unspecified atom stereocenters. The van der Waals surface area contributed by atoms with Gasteiger partial charge in [-0.3, -0.25) is 0 Å². The van der Waals surface area contributed by atoms with Crippen LogP contribution in [0.2, 0.25) is 0 Å². The lowest BCUT2D eigenvalue weighted by atomic mass is 10.1. The van der Waals surface area contributed by atoms with Crippen LogP contribution < -0.4 is 0 Å². The van der Waals surface area contributed by atoms with Gasteiger partial charge in [0.05, 0.1) is 12.4 Å². The Labute approximate surface area is 82.5 Å². The summed E-state index contributed by atoms with van der Waals surface area (Å²) in [4.78, 5) is 0. The molecular weight excluding hydrogens is 160 g/mol. The highest BCUT2D eigenvalue weighted by atomic mass is 16.5. The van der Waals surface area contributed by atoms with E-state index in [2.05, 4.69) is 13.5 Å². The minimum absolute atomic E-state index is 0.757. The van der Waals surface area contributed by atoms with Crippen molar-refractivity contribution >= 4 is 0 Å². The lowest BCUT2D eigenvalue weighted by Gasteiger charge is -2.07. The van der Waals surface area contributed by atoms with E-state index >= 15 is 0 Å². The molecule has 1 nitrogen and oxygen atoms in total. The van der Waals surface area contributed by atoms with Gasteiger partial charge in [0.1, 0.15) is 0 Å². The highest BCUT2D eigenvalue weighted by Crippen LogP contribution is 2.11. The SMILES string of the molecule is C=C/C=C(\CCCCCC)OCC. The second-order valence-corrected chi connectivity index (χ2v) is 3.11. The van der Waals surface area contributed by atoms with Crippen LogP contribution in [0.15, 0.2) is 24.5 Å². The molecule has 0 fully saturated rings. The standard InChI is InChI=1S/C12H22O/c1-4-7-8-9-11-12(10-5-2)13-6-3/h5,10H,2,4,6-9,11H2,1,3H3/b12-10+. The van der Waals surface area contributed by atoms with Gasteiger partial charge in [0.2, 0.25) is 0 Å². The lowest BCUT2D eigenvalue weighted by Crippen LogP contribution is -1.91. The Balaban J connectivity index is 3.57. The first-order valence-electron chi connectivity index (χ1n) is 5.29. The van der Waals surface area contributed by atoms with Gasteiger partial charge in [0, 0.05) is 6.42 Å². The van der Waals surface area contributed by atoms with Crippen LogP contribution in [-0.2, 0) is 4.74 Å². The van der Waals surface area contributed by atoms with Crippen LogP contribution in [0.3, 0.4) is 0 Å². The average molecular weight is 182 g/mol. The summed E-state index contributed by atoms with van der Waals surface area (Å²) >= 11 is 0. The Bertz CT molecular complexity index is 147. The molecule has 0 bridgehead atoms. The topological polar surface area (TPSA) is 9.23 Å². The van der Waals surface area contributed by atoms with Crippen molar-refractivity contribution in [1.82, 2.24) is 0 Å². The molecule has 0 aromatic rings. The highest BCUT2D eigenvalue weighted by molar-refractivity contribution is 5.04. The smallest absolute Gasteiger partial charge is 0.0959 e. The highest BCUT2D eigenvalue weighted by Gasteiger charge is 1.95. The minimum atomic E-state index is 0.757. The second-order valence-electron chi connectivity index (χ2n) is 3.11. The summed E-state index contributed by atoms with van der Waals surface area (Å²) in [5.41, 5.74) is 0. The Kier molecular flexibility index (Phi) is 8.85. The van der Waals surface area contributed by atoms with Crippen molar-refractivity contribution in [1.29, 1.82) is 0 Å². The van der Waals surface area contributed by atoms with E-state index in [0.717, 1.165) is 18.8 Å². The molecule has 0 atom stereocenters. The molecule has 0 aliphatic heterocycles. The summed E-state index contributed by atoms with van der Waals surface area (Å²) < 4.78 is 5.45. The Hall–Kier alpha value is -0.720.